The van der Waals surface area contributed by atoms with Crippen molar-refractivity contribution in [1.29, 1.82) is 0 Å². The lowest BCUT2D eigenvalue weighted by atomic mass is 10.1. The highest BCUT2D eigenvalue weighted by molar-refractivity contribution is 7.10. The molecule has 25 heavy (non-hydrogen) atoms. The fraction of sp³-hybridized carbons (Fsp3) is 0.500. The molecule has 7 heteroatoms. The second kappa shape index (κ2) is 7.39. The third-order valence-corrected chi connectivity index (χ3v) is 5.58. The number of nitrogens with one attached hydrogen (secondary N) is 1. The second-order valence-electron chi connectivity index (χ2n) is 6.39. The molecule has 1 N–H and O–H groups in total. The van der Waals surface area contributed by atoms with Crippen LogP contribution in [0, 0.1) is 13.8 Å². The number of rotatable bonds is 5. The van der Waals surface area contributed by atoms with Crippen LogP contribution in [0.4, 0.5) is 0 Å². The monoisotopic (exact) mass is 361 g/mol. The predicted octanol–water partition coefficient (Wildman–Crippen LogP) is 2.84. The Bertz CT molecular complexity index is 761. The summed E-state index contributed by atoms with van der Waals surface area (Å²) in [5, 5.41) is 8.77. The first kappa shape index (κ1) is 17.7. The molecular weight excluding hydrogens is 338 g/mol. The largest absolute Gasteiger partial charge is 0.361 e. The number of thiophene rings is 1. The number of hydrogen-bond acceptors (Lipinski definition) is 5. The van der Waals surface area contributed by atoms with E-state index in [1.165, 1.54) is 10.4 Å². The van der Waals surface area contributed by atoms with Crippen LogP contribution in [0.2, 0.25) is 0 Å². The Morgan fingerprint density at radius 2 is 2.24 bits per heavy atom. The minimum atomic E-state index is -0.522. The van der Waals surface area contributed by atoms with Gasteiger partial charge in [0, 0.05) is 18.0 Å². The molecule has 0 fully saturated rings. The van der Waals surface area contributed by atoms with Gasteiger partial charge in [0.25, 0.3) is 5.91 Å². The van der Waals surface area contributed by atoms with E-state index >= 15 is 0 Å². The molecule has 2 aromatic rings. The van der Waals surface area contributed by atoms with Crippen LogP contribution in [0.3, 0.4) is 0 Å². The lowest BCUT2D eigenvalue weighted by molar-refractivity contribution is -0.134. The number of carbonyl (C=O) groups is 2. The molecule has 0 radical (unpaired) electrons. The molecule has 134 valence electrons. The maximum absolute atomic E-state index is 13.0. The maximum atomic E-state index is 13.0. The fourth-order valence-corrected chi connectivity index (χ4v) is 4.13. The highest BCUT2D eigenvalue weighted by Gasteiger charge is 2.30. The van der Waals surface area contributed by atoms with Gasteiger partial charge in [-0.15, -0.1) is 11.3 Å². The number of aryl methyl sites for hydroxylation is 2. The summed E-state index contributed by atoms with van der Waals surface area (Å²) in [5.41, 5.74) is 2.18. The van der Waals surface area contributed by atoms with E-state index in [4.69, 9.17) is 4.52 Å². The van der Waals surface area contributed by atoms with E-state index in [-0.39, 0.29) is 11.8 Å². The molecule has 1 aliphatic rings. The zero-order valence-corrected chi connectivity index (χ0v) is 15.6. The van der Waals surface area contributed by atoms with Gasteiger partial charge in [0.15, 0.2) is 0 Å². The van der Waals surface area contributed by atoms with Crippen molar-refractivity contribution in [3.8, 4) is 0 Å². The van der Waals surface area contributed by atoms with Gasteiger partial charge in [-0.3, -0.25) is 9.59 Å². The first-order valence-corrected chi connectivity index (χ1v) is 9.47. The van der Waals surface area contributed by atoms with E-state index in [1.54, 1.807) is 25.2 Å². The zero-order valence-electron chi connectivity index (χ0n) is 14.8. The van der Waals surface area contributed by atoms with Gasteiger partial charge >= 0.3 is 0 Å². The van der Waals surface area contributed by atoms with Crippen molar-refractivity contribution in [2.45, 2.75) is 52.6 Å². The van der Waals surface area contributed by atoms with Gasteiger partial charge in [-0.1, -0.05) is 18.5 Å². The topological polar surface area (TPSA) is 75.4 Å². The van der Waals surface area contributed by atoms with Crippen LogP contribution in [0.15, 0.2) is 16.0 Å². The van der Waals surface area contributed by atoms with Gasteiger partial charge < -0.3 is 14.7 Å². The molecule has 0 spiro atoms. The molecule has 2 aromatic heterocycles. The molecule has 3 rings (SSSR count). The van der Waals surface area contributed by atoms with Gasteiger partial charge in [0.2, 0.25) is 5.91 Å². The maximum Gasteiger partial charge on any atom is 0.257 e. The lowest BCUT2D eigenvalue weighted by Crippen LogP contribution is -2.49. The zero-order chi connectivity index (χ0) is 18.0. The first-order chi connectivity index (χ1) is 12.0. The third-order valence-electron chi connectivity index (χ3n) is 4.56. The van der Waals surface area contributed by atoms with Gasteiger partial charge in [-0.05, 0) is 43.7 Å². The Hall–Kier alpha value is -2.15. The van der Waals surface area contributed by atoms with E-state index in [1.807, 2.05) is 11.8 Å². The number of nitrogens with zero attached hydrogens (tertiary/aromatic N) is 2. The van der Waals surface area contributed by atoms with E-state index in [9.17, 15) is 9.59 Å². The number of hydrogen-bond donors (Lipinski definition) is 1. The Balaban J connectivity index is 1.72. The van der Waals surface area contributed by atoms with Crippen LogP contribution in [-0.2, 0) is 17.8 Å². The van der Waals surface area contributed by atoms with Gasteiger partial charge in [0.05, 0.1) is 5.69 Å². The Kier molecular flexibility index (Phi) is 5.22. The molecule has 0 saturated heterocycles. The summed E-state index contributed by atoms with van der Waals surface area (Å²) >= 11 is 1.74. The quantitative estimate of drug-likeness (QED) is 0.888. The summed E-state index contributed by atoms with van der Waals surface area (Å²) in [5.74, 6) is 0.161. The minimum absolute atomic E-state index is 0.0150. The van der Waals surface area contributed by atoms with Gasteiger partial charge in [-0.2, -0.15) is 0 Å². The standard InChI is InChI=1S/C18H23N3O3S/c1-4-5-14(19-17(22)16-11(2)20-24-12(16)3)18(23)21-8-6-15-13(10-21)7-9-25-15/h7,9,14H,4-6,8,10H2,1-3H3,(H,19,22). The normalized spacial score (nSPS) is 14.9. The summed E-state index contributed by atoms with van der Waals surface area (Å²) in [7, 11) is 0. The number of aromatic nitrogens is 1. The summed E-state index contributed by atoms with van der Waals surface area (Å²) in [6.07, 6.45) is 2.31. The molecule has 0 aliphatic carbocycles. The van der Waals surface area contributed by atoms with Gasteiger partial charge in [0.1, 0.15) is 17.4 Å². The van der Waals surface area contributed by atoms with Crippen LogP contribution >= 0.6 is 11.3 Å². The Labute approximate surface area is 151 Å². The van der Waals surface area contributed by atoms with Crippen molar-refractivity contribution < 1.29 is 14.1 Å². The SMILES string of the molecule is CCCC(NC(=O)c1c(C)noc1C)C(=O)N1CCc2sccc2C1. The third kappa shape index (κ3) is 3.61. The van der Waals surface area contributed by atoms with Crippen LogP contribution < -0.4 is 5.32 Å². The van der Waals surface area contributed by atoms with Crippen LogP contribution in [0.25, 0.3) is 0 Å². The van der Waals surface area contributed by atoms with E-state index in [0.717, 1.165) is 12.8 Å². The summed E-state index contributed by atoms with van der Waals surface area (Å²) in [6.45, 7) is 6.77. The molecule has 1 atom stereocenters. The van der Waals surface area contributed by atoms with E-state index in [0.29, 0.717) is 36.5 Å². The summed E-state index contributed by atoms with van der Waals surface area (Å²) in [4.78, 5) is 28.8. The predicted molar refractivity (Wildman–Crippen MR) is 95.6 cm³/mol. The summed E-state index contributed by atoms with van der Waals surface area (Å²) < 4.78 is 5.06. The molecular formula is C18H23N3O3S. The molecule has 0 saturated carbocycles. The average molecular weight is 361 g/mol. The molecule has 3 heterocycles. The van der Waals surface area contributed by atoms with Crippen molar-refractivity contribution in [1.82, 2.24) is 15.4 Å². The van der Waals surface area contributed by atoms with E-state index < -0.39 is 6.04 Å². The highest BCUT2D eigenvalue weighted by Crippen LogP contribution is 2.24. The fourth-order valence-electron chi connectivity index (χ4n) is 3.24. The molecule has 0 aromatic carbocycles. The van der Waals surface area contributed by atoms with Crippen molar-refractivity contribution >= 4 is 23.2 Å². The summed E-state index contributed by atoms with van der Waals surface area (Å²) in [6, 6.07) is 1.56. The van der Waals surface area contributed by atoms with Crippen molar-refractivity contribution in [3.63, 3.8) is 0 Å². The van der Waals surface area contributed by atoms with Crippen LogP contribution in [0.5, 0.6) is 0 Å². The minimum Gasteiger partial charge on any atom is -0.361 e. The molecule has 6 nitrogen and oxygen atoms in total. The number of fused-ring (bicyclic) bond motifs is 1. The van der Waals surface area contributed by atoms with Gasteiger partial charge in [-0.25, -0.2) is 0 Å². The number of amides is 2. The average Bonchev–Trinajstić information content (AvgIpc) is 3.19. The lowest BCUT2D eigenvalue weighted by Gasteiger charge is -2.30. The smallest absolute Gasteiger partial charge is 0.257 e. The van der Waals surface area contributed by atoms with Crippen molar-refractivity contribution in [2.75, 3.05) is 6.54 Å². The van der Waals surface area contributed by atoms with Crippen molar-refractivity contribution in [2.24, 2.45) is 0 Å². The van der Waals surface area contributed by atoms with Crippen LogP contribution in [-0.4, -0.2) is 34.5 Å². The first-order valence-electron chi connectivity index (χ1n) is 8.59. The molecule has 0 bridgehead atoms. The molecule has 2 amide bonds. The highest BCUT2D eigenvalue weighted by atomic mass is 32.1. The van der Waals surface area contributed by atoms with Crippen molar-refractivity contribution in [3.05, 3.63) is 38.9 Å². The Morgan fingerprint density at radius 1 is 1.44 bits per heavy atom. The second-order valence-corrected chi connectivity index (χ2v) is 7.39. The van der Waals surface area contributed by atoms with Crippen LogP contribution in [0.1, 0.15) is 52.0 Å². The molecule has 1 aliphatic heterocycles. The van der Waals surface area contributed by atoms with E-state index in [2.05, 4.69) is 21.9 Å². The molecule has 1 unspecified atom stereocenters. The Morgan fingerprint density at radius 3 is 2.92 bits per heavy atom. The number of carbonyl (C=O) groups excluding carboxylic acids is 2.